The highest BCUT2D eigenvalue weighted by atomic mass is 35.5. The highest BCUT2D eigenvalue weighted by molar-refractivity contribution is 6.30. The van der Waals surface area contributed by atoms with Crippen LogP contribution >= 0.6 is 11.6 Å². The number of halogens is 1. The molecular weight excluding hydrogens is 344 g/mol. The van der Waals surface area contributed by atoms with E-state index in [1.165, 1.54) is 11.1 Å². The van der Waals surface area contributed by atoms with Crippen LogP contribution in [0.4, 0.5) is 11.8 Å². The molecule has 0 aliphatic heterocycles. The van der Waals surface area contributed by atoms with Crippen molar-refractivity contribution in [3.63, 3.8) is 0 Å². The van der Waals surface area contributed by atoms with Crippen LogP contribution in [0.1, 0.15) is 16.8 Å². The largest absolute Gasteiger partial charge is 0.370 e. The fourth-order valence-corrected chi connectivity index (χ4v) is 2.94. The zero-order valence-corrected chi connectivity index (χ0v) is 15.6. The molecular formula is C21H23ClN4. The number of aromatic nitrogens is 2. The molecule has 26 heavy (non-hydrogen) atoms. The van der Waals surface area contributed by atoms with Gasteiger partial charge in [0.2, 0.25) is 5.95 Å². The highest BCUT2D eigenvalue weighted by Gasteiger charge is 2.03. The second-order valence-corrected chi connectivity index (χ2v) is 6.62. The smallest absolute Gasteiger partial charge is 0.224 e. The lowest BCUT2D eigenvalue weighted by Gasteiger charge is -2.10. The third kappa shape index (κ3) is 5.74. The maximum absolute atomic E-state index is 6.03. The second-order valence-electron chi connectivity index (χ2n) is 6.19. The summed E-state index contributed by atoms with van der Waals surface area (Å²) < 4.78 is 0. The molecule has 0 amide bonds. The number of aryl methyl sites for hydroxylation is 1. The molecule has 0 aliphatic rings. The minimum atomic E-state index is 0.659. The van der Waals surface area contributed by atoms with Crippen molar-refractivity contribution in [1.82, 2.24) is 9.97 Å². The van der Waals surface area contributed by atoms with Gasteiger partial charge in [0.05, 0.1) is 0 Å². The Morgan fingerprint density at radius 2 is 1.54 bits per heavy atom. The van der Waals surface area contributed by atoms with Crippen molar-refractivity contribution in [2.24, 2.45) is 0 Å². The number of anilines is 2. The van der Waals surface area contributed by atoms with E-state index in [9.17, 15) is 0 Å². The molecule has 0 saturated heterocycles. The predicted molar refractivity (Wildman–Crippen MR) is 109 cm³/mol. The summed E-state index contributed by atoms with van der Waals surface area (Å²) in [5, 5.41) is 7.45. The quantitative estimate of drug-likeness (QED) is 0.604. The van der Waals surface area contributed by atoms with Gasteiger partial charge in [-0.3, -0.25) is 0 Å². The molecule has 3 rings (SSSR count). The number of nitrogens with one attached hydrogen (secondary N) is 2. The average molecular weight is 367 g/mol. The molecule has 0 aliphatic carbocycles. The lowest BCUT2D eigenvalue weighted by molar-refractivity contribution is 0.961. The summed E-state index contributed by atoms with van der Waals surface area (Å²) in [6.07, 6.45) is 1.83. The Hall–Kier alpha value is -2.59. The first kappa shape index (κ1) is 18.2. The van der Waals surface area contributed by atoms with Gasteiger partial charge < -0.3 is 10.6 Å². The van der Waals surface area contributed by atoms with Gasteiger partial charge in [0.25, 0.3) is 0 Å². The molecule has 1 heterocycles. The number of rotatable bonds is 8. The minimum absolute atomic E-state index is 0.659. The summed E-state index contributed by atoms with van der Waals surface area (Å²) in [6, 6.07) is 20.3. The molecule has 3 aromatic rings. The molecule has 4 nitrogen and oxygen atoms in total. The van der Waals surface area contributed by atoms with Gasteiger partial charge in [0.1, 0.15) is 5.82 Å². The second kappa shape index (κ2) is 9.20. The highest BCUT2D eigenvalue weighted by Crippen LogP contribution is 2.13. The summed E-state index contributed by atoms with van der Waals surface area (Å²) >= 11 is 6.03. The van der Waals surface area contributed by atoms with Crippen molar-refractivity contribution in [3.05, 3.63) is 82.5 Å². The van der Waals surface area contributed by atoms with Gasteiger partial charge in [-0.25, -0.2) is 4.98 Å². The van der Waals surface area contributed by atoms with Crippen LogP contribution in [0.2, 0.25) is 5.02 Å². The Morgan fingerprint density at radius 3 is 2.35 bits per heavy atom. The van der Waals surface area contributed by atoms with E-state index in [0.29, 0.717) is 5.95 Å². The Bertz CT molecular complexity index is 836. The van der Waals surface area contributed by atoms with E-state index in [2.05, 4.69) is 50.9 Å². The maximum Gasteiger partial charge on any atom is 0.224 e. The fourth-order valence-electron chi connectivity index (χ4n) is 2.73. The zero-order chi connectivity index (χ0) is 18.2. The topological polar surface area (TPSA) is 49.8 Å². The monoisotopic (exact) mass is 366 g/mol. The maximum atomic E-state index is 6.03. The van der Waals surface area contributed by atoms with E-state index in [0.717, 1.165) is 42.5 Å². The number of hydrogen-bond acceptors (Lipinski definition) is 4. The van der Waals surface area contributed by atoms with Gasteiger partial charge in [-0.05, 0) is 43.0 Å². The molecule has 2 N–H and O–H groups in total. The average Bonchev–Trinajstić information content (AvgIpc) is 2.62. The Morgan fingerprint density at radius 1 is 0.808 bits per heavy atom. The Labute approximate surface area is 159 Å². The van der Waals surface area contributed by atoms with Crippen molar-refractivity contribution in [2.45, 2.75) is 19.8 Å². The van der Waals surface area contributed by atoms with E-state index >= 15 is 0 Å². The minimum Gasteiger partial charge on any atom is -0.370 e. The van der Waals surface area contributed by atoms with Crippen LogP contribution in [0.25, 0.3) is 0 Å². The first-order valence-corrected chi connectivity index (χ1v) is 9.18. The molecule has 0 fully saturated rings. The van der Waals surface area contributed by atoms with E-state index in [1.807, 2.05) is 37.3 Å². The number of benzene rings is 2. The molecule has 0 spiro atoms. The standard InChI is InChI=1S/C21H23ClN4/c1-16-14-20(23-12-11-18-8-5-9-19(22)15-18)26-21(25-16)24-13-10-17-6-3-2-4-7-17/h2-9,14-15H,10-13H2,1H3,(H2,23,24,25,26). The molecule has 5 heteroatoms. The summed E-state index contributed by atoms with van der Waals surface area (Å²) in [6.45, 7) is 3.57. The van der Waals surface area contributed by atoms with Crippen LogP contribution in [0, 0.1) is 6.92 Å². The molecule has 1 aromatic heterocycles. The molecule has 0 unspecified atom stereocenters. The van der Waals surface area contributed by atoms with E-state index in [-0.39, 0.29) is 0 Å². The van der Waals surface area contributed by atoms with Gasteiger partial charge in [0, 0.05) is 29.9 Å². The normalized spacial score (nSPS) is 10.5. The van der Waals surface area contributed by atoms with Crippen molar-refractivity contribution < 1.29 is 0 Å². The summed E-state index contributed by atoms with van der Waals surface area (Å²) in [4.78, 5) is 9.02. The van der Waals surface area contributed by atoms with E-state index < -0.39 is 0 Å². The summed E-state index contributed by atoms with van der Waals surface area (Å²) in [5.41, 5.74) is 3.44. The van der Waals surface area contributed by atoms with E-state index in [4.69, 9.17) is 11.6 Å². The van der Waals surface area contributed by atoms with Gasteiger partial charge in [-0.15, -0.1) is 0 Å². The molecule has 134 valence electrons. The van der Waals surface area contributed by atoms with Crippen molar-refractivity contribution >= 4 is 23.4 Å². The van der Waals surface area contributed by atoms with Crippen LogP contribution < -0.4 is 10.6 Å². The van der Waals surface area contributed by atoms with Gasteiger partial charge in [0.15, 0.2) is 0 Å². The lowest BCUT2D eigenvalue weighted by Crippen LogP contribution is -2.11. The molecule has 2 aromatic carbocycles. The summed E-state index contributed by atoms with van der Waals surface area (Å²) in [7, 11) is 0. The van der Waals surface area contributed by atoms with Crippen LogP contribution in [0.3, 0.4) is 0 Å². The lowest BCUT2D eigenvalue weighted by atomic mass is 10.1. The van der Waals surface area contributed by atoms with Gasteiger partial charge >= 0.3 is 0 Å². The van der Waals surface area contributed by atoms with Crippen LogP contribution in [-0.4, -0.2) is 23.1 Å². The molecule has 0 atom stereocenters. The third-order valence-corrected chi connectivity index (χ3v) is 4.24. The third-order valence-electron chi connectivity index (χ3n) is 4.00. The zero-order valence-electron chi connectivity index (χ0n) is 14.9. The first-order chi connectivity index (χ1) is 12.7. The van der Waals surface area contributed by atoms with E-state index in [1.54, 1.807) is 0 Å². The molecule has 0 bridgehead atoms. The predicted octanol–water partition coefficient (Wildman–Crippen LogP) is 4.75. The summed E-state index contributed by atoms with van der Waals surface area (Å²) in [5.74, 6) is 1.49. The van der Waals surface area contributed by atoms with Gasteiger partial charge in [-0.2, -0.15) is 4.98 Å². The number of hydrogen-bond donors (Lipinski definition) is 2. The molecule has 0 radical (unpaired) electrons. The molecule has 0 saturated carbocycles. The Balaban J connectivity index is 1.52. The van der Waals surface area contributed by atoms with Crippen LogP contribution in [-0.2, 0) is 12.8 Å². The van der Waals surface area contributed by atoms with Crippen molar-refractivity contribution in [3.8, 4) is 0 Å². The van der Waals surface area contributed by atoms with Crippen molar-refractivity contribution in [1.29, 1.82) is 0 Å². The Kier molecular flexibility index (Phi) is 6.45. The fraction of sp³-hybridized carbons (Fsp3) is 0.238. The van der Waals surface area contributed by atoms with Gasteiger partial charge in [-0.1, -0.05) is 54.1 Å². The first-order valence-electron chi connectivity index (χ1n) is 8.81. The SMILES string of the molecule is Cc1cc(NCCc2cccc(Cl)c2)nc(NCCc2ccccc2)n1. The van der Waals surface area contributed by atoms with Crippen LogP contribution in [0.15, 0.2) is 60.7 Å². The van der Waals surface area contributed by atoms with Crippen LogP contribution in [0.5, 0.6) is 0 Å². The van der Waals surface area contributed by atoms with Crippen molar-refractivity contribution in [2.75, 3.05) is 23.7 Å². The number of nitrogens with zero attached hydrogens (tertiary/aromatic N) is 2.